The number of nitrogens with one attached hydrogen (secondary N) is 1. The average molecular weight is 186 g/mol. The molecule has 0 unspecified atom stereocenters. The minimum atomic E-state index is -0.343. The van der Waals surface area contributed by atoms with Gasteiger partial charge >= 0.3 is 5.97 Å². The van der Waals surface area contributed by atoms with E-state index in [0.29, 0.717) is 0 Å². The first-order valence-corrected chi connectivity index (χ1v) is 2.83. The Morgan fingerprint density at radius 3 is 1.91 bits per heavy atom. The largest absolute Gasteiger partial charge is 0.450 e. The van der Waals surface area contributed by atoms with Crippen LogP contribution in [0.4, 0.5) is 0 Å². The van der Waals surface area contributed by atoms with Gasteiger partial charge in [-0.15, -0.1) is 0 Å². The van der Waals surface area contributed by atoms with Crippen LogP contribution in [0.25, 0.3) is 0 Å². The average Bonchev–Trinajstić information content (AvgIpc) is 1.62. The molecule has 11 heavy (non-hydrogen) atoms. The number of guanidine groups is 1. The highest BCUT2D eigenvalue weighted by atomic mass is 35.5. The summed E-state index contributed by atoms with van der Waals surface area (Å²) in [5, 5.41) is 6.06. The monoisotopic (exact) mass is 185 g/mol. The van der Waals surface area contributed by atoms with Gasteiger partial charge in [0.15, 0.2) is 12.0 Å². The van der Waals surface area contributed by atoms with E-state index in [2.05, 4.69) is 16.2 Å². The number of alkyl halides is 1. The summed E-state index contributed by atoms with van der Waals surface area (Å²) in [6.45, 7) is 1.31. The summed E-state index contributed by atoms with van der Waals surface area (Å²) >= 11 is 4.95. The molecule has 0 saturated heterocycles. The van der Waals surface area contributed by atoms with E-state index >= 15 is 0 Å². The van der Waals surface area contributed by atoms with Crippen molar-refractivity contribution in [3.63, 3.8) is 0 Å². The molecule has 0 aliphatic rings. The lowest BCUT2D eigenvalue weighted by Crippen LogP contribution is -2.20. The topological polar surface area (TPSA) is 134 Å². The number of carbonyl (C=O) groups is 1. The van der Waals surface area contributed by atoms with Crippen molar-refractivity contribution < 1.29 is 15.0 Å². The molecule has 0 amide bonds. The van der Waals surface area contributed by atoms with E-state index in [-0.39, 0.29) is 23.5 Å². The molecule has 68 valence electrons. The summed E-state index contributed by atoms with van der Waals surface area (Å²) in [5.41, 5.74) is 8.94. The van der Waals surface area contributed by atoms with Crippen LogP contribution in [0.3, 0.4) is 0 Å². The van der Waals surface area contributed by atoms with Crippen molar-refractivity contribution in [1.82, 2.24) is 0 Å². The Morgan fingerprint density at radius 2 is 1.91 bits per heavy atom. The summed E-state index contributed by atoms with van der Waals surface area (Å²) < 4.78 is 4.17. The molecule has 0 aliphatic heterocycles. The molecule has 0 saturated carbocycles. The molecular weight excluding hydrogens is 174 g/mol. The van der Waals surface area contributed by atoms with Crippen molar-refractivity contribution in [3.8, 4) is 0 Å². The second kappa shape index (κ2) is 11.7. The van der Waals surface area contributed by atoms with Crippen LogP contribution in [0.2, 0.25) is 0 Å². The molecule has 0 aliphatic carbocycles. The van der Waals surface area contributed by atoms with Gasteiger partial charge in [-0.05, 0) is 0 Å². The zero-order chi connectivity index (χ0) is 8.57. The molecule has 7 N–H and O–H groups in total. The maximum atomic E-state index is 9.74. The van der Waals surface area contributed by atoms with Crippen molar-refractivity contribution in [2.75, 3.05) is 6.07 Å². The lowest BCUT2D eigenvalue weighted by molar-refractivity contribution is -0.138. The summed E-state index contributed by atoms with van der Waals surface area (Å²) in [6.07, 6.45) is 0. The lowest BCUT2D eigenvalue weighted by Gasteiger charge is -1.87. The van der Waals surface area contributed by atoms with Gasteiger partial charge in [0.1, 0.15) is 0 Å². The van der Waals surface area contributed by atoms with Crippen LogP contribution >= 0.6 is 11.6 Å². The van der Waals surface area contributed by atoms with Crippen LogP contribution in [0.5, 0.6) is 0 Å². The van der Waals surface area contributed by atoms with Crippen LogP contribution < -0.4 is 11.5 Å². The van der Waals surface area contributed by atoms with Gasteiger partial charge in [-0.3, -0.25) is 10.2 Å². The Balaban J connectivity index is -0.000000114. The Labute approximate surface area is 69.3 Å². The van der Waals surface area contributed by atoms with E-state index in [1.807, 2.05) is 0 Å². The summed E-state index contributed by atoms with van der Waals surface area (Å²) in [4.78, 5) is 9.74. The number of ether oxygens (including phenoxy) is 1. The predicted molar refractivity (Wildman–Crippen MR) is 42.2 cm³/mol. The SMILES string of the molecule is CC(=O)OCCl.N=C(N)N.O. The Hall–Kier alpha value is -1.01. The van der Waals surface area contributed by atoms with Crippen molar-refractivity contribution in [3.05, 3.63) is 0 Å². The molecule has 0 fully saturated rings. The smallest absolute Gasteiger partial charge is 0.303 e. The number of carbonyl (C=O) groups excluding carboxylic acids is 1. The van der Waals surface area contributed by atoms with Gasteiger partial charge in [0.05, 0.1) is 0 Å². The fourth-order valence-electron chi connectivity index (χ4n) is 0.0768. The van der Waals surface area contributed by atoms with Crippen molar-refractivity contribution in [2.45, 2.75) is 6.92 Å². The van der Waals surface area contributed by atoms with Gasteiger partial charge in [-0.2, -0.15) is 0 Å². The van der Waals surface area contributed by atoms with Crippen LogP contribution in [0, 0.1) is 5.41 Å². The zero-order valence-electron chi connectivity index (χ0n) is 6.06. The quantitative estimate of drug-likeness (QED) is 0.204. The third kappa shape index (κ3) is 111. The molecule has 0 spiro atoms. The maximum Gasteiger partial charge on any atom is 0.303 e. The second-order valence-corrected chi connectivity index (χ2v) is 1.42. The standard InChI is InChI=1S/C3H5ClO2.CH5N3.H2O/c1-3(5)6-2-4;2-1(3)4;/h2H2,1H3;(H5,2,3,4);1H2. The van der Waals surface area contributed by atoms with Crippen molar-refractivity contribution in [1.29, 1.82) is 5.41 Å². The molecular formula is C4H12ClN3O3. The predicted octanol–water partition coefficient (Wildman–Crippen LogP) is -1.24. The Kier molecular flexibility index (Phi) is 17.6. The van der Waals surface area contributed by atoms with E-state index < -0.39 is 0 Å². The van der Waals surface area contributed by atoms with E-state index in [1.54, 1.807) is 0 Å². The third-order valence-electron chi connectivity index (χ3n) is 0.258. The first-order chi connectivity index (χ1) is 4.50. The van der Waals surface area contributed by atoms with E-state index in [4.69, 9.17) is 17.0 Å². The minimum Gasteiger partial charge on any atom is -0.450 e. The number of nitrogens with two attached hydrogens (primary N) is 2. The van der Waals surface area contributed by atoms with E-state index in [9.17, 15) is 4.79 Å². The van der Waals surface area contributed by atoms with Gasteiger partial charge in [0.2, 0.25) is 0 Å². The van der Waals surface area contributed by atoms with E-state index in [1.165, 1.54) is 6.92 Å². The van der Waals surface area contributed by atoms with Gasteiger partial charge in [-0.1, -0.05) is 11.6 Å². The van der Waals surface area contributed by atoms with Crippen molar-refractivity contribution in [2.24, 2.45) is 11.5 Å². The Morgan fingerprint density at radius 1 is 1.64 bits per heavy atom. The first kappa shape index (κ1) is 16.5. The molecule has 0 radical (unpaired) electrons. The van der Waals surface area contributed by atoms with Gasteiger partial charge < -0.3 is 21.7 Å². The van der Waals surface area contributed by atoms with Crippen LogP contribution in [-0.4, -0.2) is 23.5 Å². The van der Waals surface area contributed by atoms with Crippen molar-refractivity contribution >= 4 is 23.5 Å². The molecule has 0 bridgehead atoms. The summed E-state index contributed by atoms with van der Waals surface area (Å²) in [5.74, 6) is -0.676. The highest BCUT2D eigenvalue weighted by Crippen LogP contribution is 1.76. The molecule has 0 aromatic heterocycles. The number of rotatable bonds is 1. The highest BCUT2D eigenvalue weighted by Gasteiger charge is 1.83. The molecule has 0 aromatic carbocycles. The summed E-state index contributed by atoms with van der Waals surface area (Å²) in [7, 11) is 0. The van der Waals surface area contributed by atoms with Crippen LogP contribution in [-0.2, 0) is 9.53 Å². The van der Waals surface area contributed by atoms with E-state index in [0.717, 1.165) is 0 Å². The first-order valence-electron chi connectivity index (χ1n) is 2.29. The molecule has 0 rings (SSSR count). The van der Waals surface area contributed by atoms with Gasteiger partial charge in [0, 0.05) is 6.92 Å². The second-order valence-electron chi connectivity index (χ2n) is 1.20. The number of halogens is 1. The van der Waals surface area contributed by atoms with Gasteiger partial charge in [0.25, 0.3) is 0 Å². The fraction of sp³-hybridized carbons (Fsp3) is 0.500. The highest BCUT2D eigenvalue weighted by molar-refractivity contribution is 6.17. The maximum absolute atomic E-state index is 9.74. The molecule has 6 nitrogen and oxygen atoms in total. The van der Waals surface area contributed by atoms with Crippen LogP contribution in [0.1, 0.15) is 6.92 Å². The molecule has 0 heterocycles. The van der Waals surface area contributed by atoms with Gasteiger partial charge in [-0.25, -0.2) is 0 Å². The molecule has 0 atom stereocenters. The minimum absolute atomic E-state index is 0. The third-order valence-corrected chi connectivity index (χ3v) is 0.367. The number of hydrogen-bond acceptors (Lipinski definition) is 3. The lowest BCUT2D eigenvalue weighted by atomic mass is 10.8. The summed E-state index contributed by atoms with van der Waals surface area (Å²) in [6, 6.07) is -0.0463. The molecule has 7 heteroatoms. The molecule has 0 aromatic rings. The zero-order valence-corrected chi connectivity index (χ0v) is 6.81. The van der Waals surface area contributed by atoms with Crippen LogP contribution in [0.15, 0.2) is 0 Å². The number of esters is 1. The normalized spacial score (nSPS) is 6.36. The Bertz CT molecular complexity index is 115. The fourth-order valence-corrected chi connectivity index (χ4v) is 0.230. The number of hydrogen-bond donors (Lipinski definition) is 3.